The number of benzene rings is 1. The molecule has 1 aromatic carbocycles. The van der Waals surface area contributed by atoms with Crippen LogP contribution in [0.1, 0.15) is 32.4 Å². The van der Waals surface area contributed by atoms with E-state index < -0.39 is 0 Å². The SMILES string of the molecule is CC(C)(C)n1nnc(CNCc2noc(-c3cccc(Br)c3)n2)n1. The van der Waals surface area contributed by atoms with Crippen LogP contribution in [0.4, 0.5) is 0 Å². The third kappa shape index (κ3) is 4.04. The topological polar surface area (TPSA) is 94.6 Å². The summed E-state index contributed by atoms with van der Waals surface area (Å²) in [5.74, 6) is 1.69. The molecule has 0 aliphatic carbocycles. The maximum absolute atomic E-state index is 5.29. The smallest absolute Gasteiger partial charge is 0.258 e. The molecule has 1 N–H and O–H groups in total. The van der Waals surface area contributed by atoms with E-state index in [1.54, 1.807) is 4.80 Å². The van der Waals surface area contributed by atoms with Crippen LogP contribution in [0.3, 0.4) is 0 Å². The van der Waals surface area contributed by atoms with Crippen molar-refractivity contribution in [1.82, 2.24) is 35.7 Å². The van der Waals surface area contributed by atoms with Crippen LogP contribution in [0.15, 0.2) is 33.3 Å². The van der Waals surface area contributed by atoms with Crippen molar-refractivity contribution in [3.8, 4) is 11.5 Å². The molecule has 2 heterocycles. The molecule has 0 saturated heterocycles. The van der Waals surface area contributed by atoms with Crippen molar-refractivity contribution in [2.24, 2.45) is 0 Å². The van der Waals surface area contributed by atoms with Crippen LogP contribution in [-0.4, -0.2) is 30.3 Å². The lowest BCUT2D eigenvalue weighted by atomic mass is 10.1. The van der Waals surface area contributed by atoms with Gasteiger partial charge in [-0.05, 0) is 44.2 Å². The summed E-state index contributed by atoms with van der Waals surface area (Å²) in [7, 11) is 0. The minimum atomic E-state index is -0.183. The first-order valence-electron chi connectivity index (χ1n) is 7.50. The Kier molecular flexibility index (Phi) is 4.72. The molecule has 0 fully saturated rings. The van der Waals surface area contributed by atoms with Crippen molar-refractivity contribution in [3.05, 3.63) is 40.4 Å². The van der Waals surface area contributed by atoms with Gasteiger partial charge in [0, 0.05) is 10.0 Å². The molecule has 3 aromatic rings. The third-order valence-corrected chi connectivity index (χ3v) is 3.65. The molecule has 8 nitrogen and oxygen atoms in total. The van der Waals surface area contributed by atoms with Crippen molar-refractivity contribution in [2.45, 2.75) is 39.4 Å². The first-order valence-corrected chi connectivity index (χ1v) is 8.30. The van der Waals surface area contributed by atoms with Crippen LogP contribution < -0.4 is 5.32 Å². The number of hydrogen-bond acceptors (Lipinski definition) is 7. The highest BCUT2D eigenvalue weighted by Crippen LogP contribution is 2.21. The summed E-state index contributed by atoms with van der Waals surface area (Å²) in [6.45, 7) is 7.01. The fraction of sp³-hybridized carbons (Fsp3) is 0.400. The Hall–Kier alpha value is -2.13. The summed E-state index contributed by atoms with van der Waals surface area (Å²) in [4.78, 5) is 5.98. The van der Waals surface area contributed by atoms with Gasteiger partial charge in [0.1, 0.15) is 0 Å². The van der Waals surface area contributed by atoms with Gasteiger partial charge < -0.3 is 9.84 Å². The van der Waals surface area contributed by atoms with E-state index in [1.807, 2.05) is 45.0 Å². The summed E-state index contributed by atoms with van der Waals surface area (Å²) in [5.41, 5.74) is 0.690. The Morgan fingerprint density at radius 3 is 2.71 bits per heavy atom. The summed E-state index contributed by atoms with van der Waals surface area (Å²) < 4.78 is 6.25. The van der Waals surface area contributed by atoms with Gasteiger partial charge in [-0.3, -0.25) is 0 Å². The standard InChI is InChI=1S/C15H18BrN7O/c1-15(2,3)23-20-13(19-22-23)9-17-8-12-18-14(24-21-12)10-5-4-6-11(16)7-10/h4-7,17H,8-9H2,1-3H3. The van der Waals surface area contributed by atoms with E-state index in [0.29, 0.717) is 30.6 Å². The molecule has 0 aliphatic rings. The molecular weight excluding hydrogens is 374 g/mol. The van der Waals surface area contributed by atoms with E-state index in [2.05, 4.69) is 46.8 Å². The van der Waals surface area contributed by atoms with Gasteiger partial charge in [-0.25, -0.2) is 0 Å². The molecule has 126 valence electrons. The highest BCUT2D eigenvalue weighted by atomic mass is 79.9. The lowest BCUT2D eigenvalue weighted by molar-refractivity contribution is 0.305. The number of rotatable bonds is 5. The minimum absolute atomic E-state index is 0.183. The zero-order chi connectivity index (χ0) is 17.2. The van der Waals surface area contributed by atoms with Crippen molar-refractivity contribution in [3.63, 3.8) is 0 Å². The van der Waals surface area contributed by atoms with Gasteiger partial charge >= 0.3 is 0 Å². The molecule has 0 radical (unpaired) electrons. The number of aromatic nitrogens is 6. The molecule has 0 saturated carbocycles. The second kappa shape index (κ2) is 6.78. The molecule has 2 aromatic heterocycles. The highest BCUT2D eigenvalue weighted by molar-refractivity contribution is 9.10. The predicted octanol–water partition coefficient (Wildman–Crippen LogP) is 2.53. The van der Waals surface area contributed by atoms with E-state index in [9.17, 15) is 0 Å². The molecule has 0 unspecified atom stereocenters. The molecular formula is C15H18BrN7O. The molecule has 0 bridgehead atoms. The van der Waals surface area contributed by atoms with E-state index in [-0.39, 0.29) is 5.54 Å². The maximum atomic E-state index is 5.29. The Balaban J connectivity index is 1.57. The quantitative estimate of drug-likeness (QED) is 0.713. The predicted molar refractivity (Wildman–Crippen MR) is 90.8 cm³/mol. The van der Waals surface area contributed by atoms with Crippen LogP contribution in [0.2, 0.25) is 0 Å². The van der Waals surface area contributed by atoms with Crippen LogP contribution in [0.25, 0.3) is 11.5 Å². The number of nitrogens with one attached hydrogen (secondary N) is 1. The average Bonchev–Trinajstić information content (AvgIpc) is 3.16. The normalized spacial score (nSPS) is 11.8. The van der Waals surface area contributed by atoms with E-state index in [0.717, 1.165) is 10.0 Å². The number of hydrogen-bond donors (Lipinski definition) is 1. The molecule has 0 spiro atoms. The summed E-state index contributed by atoms with van der Waals surface area (Å²) in [5, 5.41) is 19.6. The van der Waals surface area contributed by atoms with Gasteiger partial charge in [0.25, 0.3) is 5.89 Å². The molecule has 0 aliphatic heterocycles. The second-order valence-corrected chi connectivity index (χ2v) is 7.21. The Bertz CT molecular complexity index is 821. The first-order chi connectivity index (χ1) is 11.4. The highest BCUT2D eigenvalue weighted by Gasteiger charge is 2.17. The second-order valence-electron chi connectivity index (χ2n) is 6.30. The van der Waals surface area contributed by atoms with E-state index in [1.165, 1.54) is 0 Å². The van der Waals surface area contributed by atoms with Crippen LogP contribution in [-0.2, 0) is 18.6 Å². The Labute approximate surface area is 147 Å². The zero-order valence-electron chi connectivity index (χ0n) is 13.7. The number of tetrazole rings is 1. The average molecular weight is 392 g/mol. The fourth-order valence-corrected chi connectivity index (χ4v) is 2.35. The molecule has 3 rings (SSSR count). The largest absolute Gasteiger partial charge is 0.334 e. The monoisotopic (exact) mass is 391 g/mol. The van der Waals surface area contributed by atoms with Crippen LogP contribution in [0, 0.1) is 0 Å². The third-order valence-electron chi connectivity index (χ3n) is 3.16. The molecule has 24 heavy (non-hydrogen) atoms. The lowest BCUT2D eigenvalue weighted by Crippen LogP contribution is -2.25. The van der Waals surface area contributed by atoms with Gasteiger partial charge in [0.2, 0.25) is 0 Å². The first kappa shape index (κ1) is 16.7. The number of nitrogens with zero attached hydrogens (tertiary/aromatic N) is 6. The van der Waals surface area contributed by atoms with Crippen molar-refractivity contribution >= 4 is 15.9 Å². The van der Waals surface area contributed by atoms with Gasteiger partial charge in [-0.2, -0.15) is 9.78 Å². The van der Waals surface area contributed by atoms with Crippen molar-refractivity contribution < 1.29 is 4.52 Å². The van der Waals surface area contributed by atoms with Crippen molar-refractivity contribution in [2.75, 3.05) is 0 Å². The summed E-state index contributed by atoms with van der Waals surface area (Å²) in [6.07, 6.45) is 0. The van der Waals surface area contributed by atoms with E-state index >= 15 is 0 Å². The Morgan fingerprint density at radius 1 is 1.21 bits per heavy atom. The van der Waals surface area contributed by atoms with Gasteiger partial charge in [-0.1, -0.05) is 27.2 Å². The zero-order valence-corrected chi connectivity index (χ0v) is 15.3. The molecule has 0 amide bonds. The lowest BCUT2D eigenvalue weighted by Gasteiger charge is -2.15. The summed E-state index contributed by atoms with van der Waals surface area (Å²) in [6, 6.07) is 7.72. The molecule has 9 heteroatoms. The van der Waals surface area contributed by atoms with Crippen molar-refractivity contribution in [1.29, 1.82) is 0 Å². The number of halogens is 1. The van der Waals surface area contributed by atoms with Crippen LogP contribution in [0.5, 0.6) is 0 Å². The van der Waals surface area contributed by atoms with Gasteiger partial charge in [-0.15, -0.1) is 10.2 Å². The van der Waals surface area contributed by atoms with E-state index in [4.69, 9.17) is 4.52 Å². The summed E-state index contributed by atoms with van der Waals surface area (Å²) >= 11 is 3.43. The van der Waals surface area contributed by atoms with Crippen LogP contribution >= 0.6 is 15.9 Å². The minimum Gasteiger partial charge on any atom is -0.334 e. The fourth-order valence-electron chi connectivity index (χ4n) is 1.95. The van der Waals surface area contributed by atoms with Gasteiger partial charge in [0.15, 0.2) is 11.6 Å². The van der Waals surface area contributed by atoms with Gasteiger partial charge in [0.05, 0.1) is 18.6 Å². The maximum Gasteiger partial charge on any atom is 0.258 e. The molecule has 0 atom stereocenters. The Morgan fingerprint density at radius 2 is 2.00 bits per heavy atom.